The molecule has 0 spiro atoms. The van der Waals surface area contributed by atoms with E-state index in [1.807, 2.05) is 6.92 Å². The van der Waals surface area contributed by atoms with Crippen LogP contribution in [0.1, 0.15) is 20.8 Å². The van der Waals surface area contributed by atoms with Gasteiger partial charge in [0.15, 0.2) is 5.17 Å². The van der Waals surface area contributed by atoms with Crippen LogP contribution in [0.2, 0.25) is 0 Å². The summed E-state index contributed by atoms with van der Waals surface area (Å²) in [7, 11) is 0. The molecule has 0 unspecified atom stereocenters. The summed E-state index contributed by atoms with van der Waals surface area (Å²) in [6.07, 6.45) is -2.99. The van der Waals surface area contributed by atoms with Crippen molar-refractivity contribution in [1.82, 2.24) is 5.32 Å². The van der Waals surface area contributed by atoms with Gasteiger partial charge in [-0.2, -0.15) is 0 Å². The molecule has 0 bridgehead atoms. The van der Waals surface area contributed by atoms with Gasteiger partial charge < -0.3 is 25.4 Å². The van der Waals surface area contributed by atoms with Gasteiger partial charge in [-0.1, -0.05) is 11.8 Å². The summed E-state index contributed by atoms with van der Waals surface area (Å²) in [6, 6.07) is -0.488. The number of aliphatic hydroxyl groups excluding tert-OH is 2. The van der Waals surface area contributed by atoms with Crippen LogP contribution in [-0.4, -0.2) is 62.4 Å². The molecule has 4 N–H and O–H groups in total. The first-order valence-corrected chi connectivity index (χ1v) is 6.95. The molecule has 1 saturated heterocycles. The molecule has 1 fully saturated rings. The van der Waals surface area contributed by atoms with Crippen molar-refractivity contribution in [2.75, 3.05) is 6.54 Å². The average molecular weight is 276 g/mol. The molecule has 2 aliphatic heterocycles. The maximum absolute atomic E-state index is 10.1. The van der Waals surface area contributed by atoms with Crippen molar-refractivity contribution in [2.45, 2.75) is 56.2 Å². The van der Waals surface area contributed by atoms with Gasteiger partial charge in [-0.3, -0.25) is 4.99 Å². The molecule has 5 atom stereocenters. The highest BCUT2D eigenvalue weighted by Gasteiger charge is 2.52. The van der Waals surface area contributed by atoms with Gasteiger partial charge in [-0.25, -0.2) is 0 Å². The number of hydrogen-bond donors (Lipinski definition) is 4. The van der Waals surface area contributed by atoms with Gasteiger partial charge in [-0.15, -0.1) is 0 Å². The topological polar surface area (TPSA) is 94.3 Å². The molecule has 0 aromatic rings. The lowest BCUT2D eigenvalue weighted by Crippen LogP contribution is -2.61. The van der Waals surface area contributed by atoms with Gasteiger partial charge in [0.2, 0.25) is 0 Å². The van der Waals surface area contributed by atoms with Gasteiger partial charge in [0.1, 0.15) is 29.8 Å². The Balaban J connectivity index is 2.14. The van der Waals surface area contributed by atoms with Crippen LogP contribution >= 0.6 is 11.8 Å². The standard InChI is InChI=1S/C11H20N2O4S/c1-4-12-10-13-5-6(14)7(15)8(11(2,3)16)17-9(5)18-10/h5-9,14-16H,4H2,1-3H3,(H,12,13)/t5-,6-,7+,8+,9-/m1/s1. The Morgan fingerprint density at radius 3 is 2.61 bits per heavy atom. The van der Waals surface area contributed by atoms with Gasteiger partial charge in [-0.05, 0) is 20.8 Å². The summed E-state index contributed by atoms with van der Waals surface area (Å²) in [5.74, 6) is 0. The van der Waals surface area contributed by atoms with Crippen LogP contribution in [-0.2, 0) is 4.74 Å². The number of ether oxygens (including phenoxy) is 1. The molecule has 0 aliphatic carbocycles. The predicted octanol–water partition coefficient (Wildman–Crippen LogP) is -0.715. The second-order valence-corrected chi connectivity index (χ2v) is 6.22. The van der Waals surface area contributed by atoms with E-state index >= 15 is 0 Å². The Labute approximate surface area is 110 Å². The summed E-state index contributed by atoms with van der Waals surface area (Å²) < 4.78 is 5.68. The van der Waals surface area contributed by atoms with Crippen LogP contribution < -0.4 is 5.32 Å². The fraction of sp³-hybridized carbons (Fsp3) is 0.909. The first-order chi connectivity index (χ1) is 8.34. The van der Waals surface area contributed by atoms with Gasteiger partial charge >= 0.3 is 0 Å². The van der Waals surface area contributed by atoms with Crippen LogP contribution in [0.5, 0.6) is 0 Å². The van der Waals surface area contributed by atoms with E-state index in [-0.39, 0.29) is 5.44 Å². The summed E-state index contributed by atoms with van der Waals surface area (Å²) in [4.78, 5) is 4.30. The lowest BCUT2D eigenvalue weighted by molar-refractivity contribution is -0.208. The summed E-state index contributed by atoms with van der Waals surface area (Å²) >= 11 is 1.38. The molecule has 7 heteroatoms. The molecule has 104 valence electrons. The van der Waals surface area contributed by atoms with Crippen molar-refractivity contribution in [2.24, 2.45) is 4.99 Å². The molecule has 6 nitrogen and oxygen atoms in total. The molecule has 2 heterocycles. The largest absolute Gasteiger partial charge is 0.388 e. The van der Waals surface area contributed by atoms with Crippen molar-refractivity contribution in [3.8, 4) is 0 Å². The van der Waals surface area contributed by atoms with Crippen molar-refractivity contribution >= 4 is 16.9 Å². The van der Waals surface area contributed by atoms with Crippen molar-refractivity contribution < 1.29 is 20.1 Å². The minimum Gasteiger partial charge on any atom is -0.388 e. The molecule has 0 aromatic carbocycles. The Kier molecular flexibility index (Phi) is 3.89. The summed E-state index contributed by atoms with van der Waals surface area (Å²) in [5.41, 5.74) is -1.58. The van der Waals surface area contributed by atoms with Gasteiger partial charge in [0, 0.05) is 6.54 Å². The number of rotatable bonds is 2. The number of aliphatic imine (C=N–C) groups is 1. The van der Waals surface area contributed by atoms with E-state index in [2.05, 4.69) is 10.3 Å². The smallest absolute Gasteiger partial charge is 0.159 e. The molecule has 2 rings (SSSR count). The zero-order chi connectivity index (χ0) is 13.5. The lowest BCUT2D eigenvalue weighted by Gasteiger charge is -2.43. The summed E-state index contributed by atoms with van der Waals surface area (Å²) in [6.45, 7) is 5.80. The minimum atomic E-state index is -1.22. The second kappa shape index (κ2) is 4.97. The molecule has 18 heavy (non-hydrogen) atoms. The molecule has 0 saturated carbocycles. The van der Waals surface area contributed by atoms with E-state index in [0.29, 0.717) is 5.17 Å². The second-order valence-electron chi connectivity index (χ2n) is 5.13. The monoisotopic (exact) mass is 276 g/mol. The molecule has 0 amide bonds. The number of aliphatic hydroxyl groups is 3. The van der Waals surface area contributed by atoms with E-state index in [9.17, 15) is 15.3 Å². The molecule has 0 radical (unpaired) electrons. The van der Waals surface area contributed by atoms with E-state index < -0.39 is 30.0 Å². The normalized spacial score (nSPS) is 40.3. The fourth-order valence-electron chi connectivity index (χ4n) is 2.18. The number of hydrogen-bond acceptors (Lipinski definition) is 7. The maximum atomic E-state index is 10.1. The number of amidine groups is 1. The molecular formula is C11H20N2O4S. The summed E-state index contributed by atoms with van der Waals surface area (Å²) in [5, 5.41) is 33.8. The highest BCUT2D eigenvalue weighted by molar-refractivity contribution is 8.14. The van der Waals surface area contributed by atoms with Crippen molar-refractivity contribution in [3.05, 3.63) is 0 Å². The molecule has 2 aliphatic rings. The zero-order valence-corrected chi connectivity index (χ0v) is 11.5. The van der Waals surface area contributed by atoms with Crippen LogP contribution in [0.4, 0.5) is 0 Å². The van der Waals surface area contributed by atoms with E-state index in [4.69, 9.17) is 4.74 Å². The predicted molar refractivity (Wildman–Crippen MR) is 69.5 cm³/mol. The Morgan fingerprint density at radius 1 is 1.39 bits per heavy atom. The van der Waals surface area contributed by atoms with Crippen LogP contribution in [0.3, 0.4) is 0 Å². The third kappa shape index (κ3) is 2.50. The zero-order valence-electron chi connectivity index (χ0n) is 10.7. The Morgan fingerprint density at radius 2 is 2.06 bits per heavy atom. The highest BCUT2D eigenvalue weighted by Crippen LogP contribution is 2.38. The van der Waals surface area contributed by atoms with Crippen LogP contribution in [0.15, 0.2) is 4.99 Å². The number of thioether (sulfide) groups is 1. The Hall–Kier alpha value is -0.340. The molecule has 0 aromatic heterocycles. The maximum Gasteiger partial charge on any atom is 0.159 e. The van der Waals surface area contributed by atoms with Gasteiger partial charge in [0.25, 0.3) is 0 Å². The van der Waals surface area contributed by atoms with Gasteiger partial charge in [0.05, 0.1) is 5.60 Å². The van der Waals surface area contributed by atoms with E-state index in [0.717, 1.165) is 6.54 Å². The molecular weight excluding hydrogens is 256 g/mol. The SMILES string of the molecule is CCNC1=N[C@@H]2[C@@H](O)[C@H](O)[C@@H](C(C)(C)O)O[C@@H]2S1. The Bertz CT molecular complexity index is 344. The average Bonchev–Trinajstić information content (AvgIpc) is 2.65. The quantitative estimate of drug-likeness (QED) is 0.532. The number of nitrogens with one attached hydrogen (secondary N) is 1. The number of fused-ring (bicyclic) bond motifs is 1. The van der Waals surface area contributed by atoms with Crippen LogP contribution in [0, 0.1) is 0 Å². The minimum absolute atomic E-state index is 0.367. The lowest BCUT2D eigenvalue weighted by atomic mass is 9.89. The highest BCUT2D eigenvalue weighted by atomic mass is 32.2. The third-order valence-corrected chi connectivity index (χ3v) is 4.18. The van der Waals surface area contributed by atoms with E-state index in [1.54, 1.807) is 13.8 Å². The third-order valence-electron chi connectivity index (χ3n) is 3.09. The first-order valence-electron chi connectivity index (χ1n) is 6.07. The van der Waals surface area contributed by atoms with Crippen LogP contribution in [0.25, 0.3) is 0 Å². The van der Waals surface area contributed by atoms with E-state index in [1.165, 1.54) is 11.8 Å². The number of nitrogens with zero attached hydrogens (tertiary/aromatic N) is 1. The van der Waals surface area contributed by atoms with Crippen molar-refractivity contribution in [3.63, 3.8) is 0 Å². The first kappa shape index (κ1) is 14.1. The fourth-order valence-corrected chi connectivity index (χ4v) is 3.35. The van der Waals surface area contributed by atoms with Crippen molar-refractivity contribution in [1.29, 1.82) is 0 Å².